The fourth-order valence-electron chi connectivity index (χ4n) is 2.78. The fraction of sp³-hybridized carbons (Fsp3) is 0.562. The molecule has 1 N–H and O–H groups in total. The van der Waals surface area contributed by atoms with Crippen LogP contribution in [-0.2, 0) is 14.8 Å². The number of ether oxygens (including phenoxy) is 1. The van der Waals surface area contributed by atoms with Crippen molar-refractivity contribution in [2.75, 3.05) is 19.3 Å². The van der Waals surface area contributed by atoms with E-state index in [2.05, 4.69) is 4.72 Å². The van der Waals surface area contributed by atoms with Gasteiger partial charge in [-0.3, -0.25) is 4.79 Å². The van der Waals surface area contributed by atoms with Gasteiger partial charge in [-0.05, 0) is 38.3 Å². The maximum absolute atomic E-state index is 13.2. The van der Waals surface area contributed by atoms with E-state index in [1.165, 1.54) is 18.2 Å². The van der Waals surface area contributed by atoms with Crippen molar-refractivity contribution in [1.29, 1.82) is 0 Å². The first kappa shape index (κ1) is 18.7. The topological polar surface area (TPSA) is 75.7 Å². The fourth-order valence-corrected chi connectivity index (χ4v) is 3.27. The standard InChI is InChI=1S/C16H23FN2O4S/c1-12(23-15-8-5-6-13(17)10-15)16(20)19-9-4-3-7-14(19)11-18-24(2,21)22/h5-6,8,10,12,14,18H,3-4,7,9,11H2,1-2H3/t12-,14-/m0/s1. The van der Waals surface area contributed by atoms with Crippen LogP contribution in [0.3, 0.4) is 0 Å². The van der Waals surface area contributed by atoms with E-state index in [1.807, 2.05) is 0 Å². The van der Waals surface area contributed by atoms with Gasteiger partial charge < -0.3 is 9.64 Å². The minimum atomic E-state index is -3.31. The highest BCUT2D eigenvalue weighted by atomic mass is 32.2. The molecule has 0 spiro atoms. The predicted octanol–water partition coefficient (Wildman–Crippen LogP) is 1.52. The smallest absolute Gasteiger partial charge is 0.263 e. The van der Waals surface area contributed by atoms with Crippen molar-refractivity contribution in [3.63, 3.8) is 0 Å². The van der Waals surface area contributed by atoms with Crippen LogP contribution in [0.25, 0.3) is 0 Å². The number of nitrogens with zero attached hydrogens (tertiary/aromatic N) is 1. The first-order chi connectivity index (χ1) is 11.3. The Bertz CT molecular complexity index is 680. The van der Waals surface area contributed by atoms with E-state index >= 15 is 0 Å². The largest absolute Gasteiger partial charge is 0.481 e. The third kappa shape index (κ3) is 5.45. The number of halogens is 1. The summed E-state index contributed by atoms with van der Waals surface area (Å²) in [7, 11) is -3.31. The number of nitrogens with one attached hydrogen (secondary N) is 1. The molecule has 1 fully saturated rings. The van der Waals surface area contributed by atoms with Crippen molar-refractivity contribution < 1.29 is 22.3 Å². The van der Waals surface area contributed by atoms with Crippen LogP contribution in [-0.4, -0.2) is 50.7 Å². The van der Waals surface area contributed by atoms with Crippen LogP contribution in [0.1, 0.15) is 26.2 Å². The lowest BCUT2D eigenvalue weighted by atomic mass is 10.0. The Balaban J connectivity index is 2.01. The number of carbonyl (C=O) groups excluding carboxylic acids is 1. The van der Waals surface area contributed by atoms with E-state index in [9.17, 15) is 17.6 Å². The monoisotopic (exact) mass is 358 g/mol. The van der Waals surface area contributed by atoms with Gasteiger partial charge in [-0.25, -0.2) is 17.5 Å². The zero-order valence-corrected chi connectivity index (χ0v) is 14.7. The molecular formula is C16H23FN2O4S. The lowest BCUT2D eigenvalue weighted by molar-refractivity contribution is -0.141. The number of piperidine rings is 1. The lowest BCUT2D eigenvalue weighted by Crippen LogP contribution is -2.52. The van der Waals surface area contributed by atoms with Gasteiger partial charge in [-0.2, -0.15) is 0 Å². The molecule has 0 saturated carbocycles. The molecule has 1 amide bonds. The molecule has 0 aromatic heterocycles. The molecule has 0 bridgehead atoms. The number of carbonyl (C=O) groups is 1. The molecule has 1 heterocycles. The first-order valence-electron chi connectivity index (χ1n) is 7.93. The van der Waals surface area contributed by atoms with Crippen molar-refractivity contribution in [2.24, 2.45) is 0 Å². The summed E-state index contributed by atoms with van der Waals surface area (Å²) in [4.78, 5) is 14.3. The van der Waals surface area contributed by atoms with E-state index in [-0.39, 0.29) is 18.5 Å². The van der Waals surface area contributed by atoms with Gasteiger partial charge in [-0.15, -0.1) is 0 Å². The molecular weight excluding hydrogens is 335 g/mol. The molecule has 0 unspecified atom stereocenters. The molecule has 1 aliphatic heterocycles. The normalized spacial score (nSPS) is 19.8. The Hall–Kier alpha value is -1.67. The molecule has 2 atom stereocenters. The second kappa shape index (κ2) is 7.94. The van der Waals surface area contributed by atoms with Gasteiger partial charge >= 0.3 is 0 Å². The second-order valence-electron chi connectivity index (χ2n) is 6.02. The van der Waals surface area contributed by atoms with Crippen LogP contribution in [0.4, 0.5) is 4.39 Å². The zero-order valence-electron chi connectivity index (χ0n) is 13.9. The van der Waals surface area contributed by atoms with Gasteiger partial charge in [0.15, 0.2) is 6.10 Å². The van der Waals surface area contributed by atoms with Crippen molar-refractivity contribution in [2.45, 2.75) is 38.3 Å². The van der Waals surface area contributed by atoms with Gasteiger partial charge in [0.2, 0.25) is 10.0 Å². The van der Waals surface area contributed by atoms with Crippen LogP contribution >= 0.6 is 0 Å². The van der Waals surface area contributed by atoms with Gasteiger partial charge in [0.05, 0.1) is 6.26 Å². The molecule has 1 aromatic carbocycles. The number of sulfonamides is 1. The molecule has 1 aromatic rings. The Kier molecular flexibility index (Phi) is 6.17. The van der Waals surface area contributed by atoms with Gasteiger partial charge in [0.25, 0.3) is 5.91 Å². The first-order valence-corrected chi connectivity index (χ1v) is 9.83. The molecule has 0 aliphatic carbocycles. The van der Waals surface area contributed by atoms with E-state index in [4.69, 9.17) is 4.74 Å². The zero-order chi connectivity index (χ0) is 17.7. The van der Waals surface area contributed by atoms with Crippen LogP contribution < -0.4 is 9.46 Å². The average molecular weight is 358 g/mol. The molecule has 2 rings (SSSR count). The highest BCUT2D eigenvalue weighted by Crippen LogP contribution is 2.20. The summed E-state index contributed by atoms with van der Waals surface area (Å²) in [6.07, 6.45) is 2.87. The van der Waals surface area contributed by atoms with E-state index in [0.717, 1.165) is 25.5 Å². The van der Waals surface area contributed by atoms with Crippen LogP contribution in [0.5, 0.6) is 5.75 Å². The molecule has 24 heavy (non-hydrogen) atoms. The Morgan fingerprint density at radius 2 is 2.21 bits per heavy atom. The van der Waals surface area contributed by atoms with Gasteiger partial charge in [-0.1, -0.05) is 6.07 Å². The molecule has 1 saturated heterocycles. The maximum Gasteiger partial charge on any atom is 0.263 e. The maximum atomic E-state index is 13.2. The third-order valence-electron chi connectivity index (χ3n) is 3.95. The average Bonchev–Trinajstić information content (AvgIpc) is 2.52. The number of benzene rings is 1. The highest BCUT2D eigenvalue weighted by molar-refractivity contribution is 7.88. The number of hydrogen-bond acceptors (Lipinski definition) is 4. The Morgan fingerprint density at radius 1 is 1.46 bits per heavy atom. The van der Waals surface area contributed by atoms with E-state index in [0.29, 0.717) is 12.3 Å². The highest BCUT2D eigenvalue weighted by Gasteiger charge is 2.31. The van der Waals surface area contributed by atoms with E-state index in [1.54, 1.807) is 17.9 Å². The summed E-state index contributed by atoms with van der Waals surface area (Å²) in [6.45, 7) is 2.37. The molecule has 6 nitrogen and oxygen atoms in total. The van der Waals surface area contributed by atoms with E-state index < -0.39 is 21.9 Å². The lowest BCUT2D eigenvalue weighted by Gasteiger charge is -2.37. The van der Waals surface area contributed by atoms with Crippen molar-refractivity contribution in [3.8, 4) is 5.75 Å². The Morgan fingerprint density at radius 3 is 2.88 bits per heavy atom. The quantitative estimate of drug-likeness (QED) is 0.837. The summed E-state index contributed by atoms with van der Waals surface area (Å²) in [6, 6.07) is 5.44. The van der Waals surface area contributed by atoms with Crippen molar-refractivity contribution in [1.82, 2.24) is 9.62 Å². The van der Waals surface area contributed by atoms with Crippen LogP contribution in [0.15, 0.2) is 24.3 Å². The minimum Gasteiger partial charge on any atom is -0.481 e. The minimum absolute atomic E-state index is 0.192. The van der Waals surface area contributed by atoms with Crippen LogP contribution in [0, 0.1) is 5.82 Å². The Labute approximate surface area is 142 Å². The van der Waals surface area contributed by atoms with Crippen molar-refractivity contribution >= 4 is 15.9 Å². The summed E-state index contributed by atoms with van der Waals surface area (Å²) in [5, 5.41) is 0. The van der Waals surface area contributed by atoms with Gasteiger partial charge in [0, 0.05) is 25.2 Å². The number of amides is 1. The number of hydrogen-bond donors (Lipinski definition) is 1. The SMILES string of the molecule is C[C@H](Oc1cccc(F)c1)C(=O)N1CCCC[C@H]1CNS(C)(=O)=O. The molecule has 8 heteroatoms. The molecule has 0 radical (unpaired) electrons. The molecule has 1 aliphatic rings. The second-order valence-corrected chi connectivity index (χ2v) is 7.85. The summed E-state index contributed by atoms with van der Waals surface area (Å²) in [5.41, 5.74) is 0. The summed E-state index contributed by atoms with van der Waals surface area (Å²) >= 11 is 0. The molecule has 134 valence electrons. The summed E-state index contributed by atoms with van der Waals surface area (Å²) in [5.74, 6) is -0.363. The predicted molar refractivity (Wildman–Crippen MR) is 88.7 cm³/mol. The third-order valence-corrected chi connectivity index (χ3v) is 4.64. The van der Waals surface area contributed by atoms with Gasteiger partial charge in [0.1, 0.15) is 11.6 Å². The van der Waals surface area contributed by atoms with Crippen LogP contribution in [0.2, 0.25) is 0 Å². The number of likely N-dealkylation sites (tertiary alicyclic amines) is 1. The van der Waals surface area contributed by atoms with Crippen molar-refractivity contribution in [3.05, 3.63) is 30.1 Å². The number of rotatable bonds is 6. The summed E-state index contributed by atoms with van der Waals surface area (Å²) < 4.78 is 43.8.